The zero-order valence-electron chi connectivity index (χ0n) is 9.27. The molecule has 3 heteroatoms. The molecule has 0 aromatic heterocycles. The number of rotatable bonds is 5. The van der Waals surface area contributed by atoms with Crippen LogP contribution in [0.4, 0.5) is 0 Å². The summed E-state index contributed by atoms with van der Waals surface area (Å²) >= 11 is 0. The molecule has 0 saturated heterocycles. The molecule has 0 unspecified atom stereocenters. The Hall–Kier alpha value is -1.90. The second-order valence-electron chi connectivity index (χ2n) is 3.36. The third kappa shape index (κ3) is 4.09. The van der Waals surface area contributed by atoms with Crippen molar-refractivity contribution in [3.05, 3.63) is 42.0 Å². The van der Waals surface area contributed by atoms with Gasteiger partial charge < -0.3 is 5.32 Å². The molecule has 1 N–H and O–H groups in total. The lowest BCUT2D eigenvalue weighted by molar-refractivity contribution is -0.135. The van der Waals surface area contributed by atoms with E-state index >= 15 is 0 Å². The van der Waals surface area contributed by atoms with Gasteiger partial charge in [-0.15, -0.1) is 0 Å². The van der Waals surface area contributed by atoms with E-state index in [1.165, 1.54) is 6.08 Å². The van der Waals surface area contributed by atoms with Gasteiger partial charge in [0.1, 0.15) is 0 Å². The first-order chi connectivity index (χ1) is 7.74. The minimum atomic E-state index is -0.547. The fourth-order valence-electron chi connectivity index (χ4n) is 1.14. The number of hydrogen-bond acceptors (Lipinski definition) is 2. The fourth-order valence-corrected chi connectivity index (χ4v) is 1.14. The average molecular weight is 217 g/mol. The smallest absolute Gasteiger partial charge is 0.291 e. The number of benzene rings is 1. The van der Waals surface area contributed by atoms with Crippen LogP contribution in [0.5, 0.6) is 0 Å². The standard InChI is InChI=1S/C13H15NO2/c1-2-10-14-13(16)12(15)9-8-11-6-4-3-5-7-11/h3-9H,2,10H2,1H3,(H,14,16). The van der Waals surface area contributed by atoms with Gasteiger partial charge in [-0.3, -0.25) is 9.59 Å². The normalized spacial score (nSPS) is 10.3. The highest BCUT2D eigenvalue weighted by Gasteiger charge is 2.07. The number of carbonyl (C=O) groups excluding carboxylic acids is 2. The quantitative estimate of drug-likeness (QED) is 0.603. The molecule has 1 aromatic carbocycles. The molecule has 0 spiro atoms. The predicted octanol–water partition coefficient (Wildman–Crippen LogP) is 1.80. The summed E-state index contributed by atoms with van der Waals surface area (Å²) in [7, 11) is 0. The van der Waals surface area contributed by atoms with Crippen molar-refractivity contribution in [2.75, 3.05) is 6.54 Å². The molecule has 3 nitrogen and oxygen atoms in total. The van der Waals surface area contributed by atoms with Crippen molar-refractivity contribution in [3.8, 4) is 0 Å². The lowest BCUT2D eigenvalue weighted by Gasteiger charge is -1.98. The molecule has 0 aliphatic carbocycles. The Bertz CT molecular complexity index is 382. The number of amides is 1. The lowest BCUT2D eigenvalue weighted by atomic mass is 10.2. The molecule has 0 fully saturated rings. The van der Waals surface area contributed by atoms with E-state index < -0.39 is 11.7 Å². The van der Waals surface area contributed by atoms with Crippen LogP contribution in [0.25, 0.3) is 6.08 Å². The summed E-state index contributed by atoms with van der Waals surface area (Å²) in [4.78, 5) is 22.5. The number of nitrogens with one attached hydrogen (secondary N) is 1. The summed E-state index contributed by atoms with van der Waals surface area (Å²) in [5.41, 5.74) is 0.902. The monoisotopic (exact) mass is 217 g/mol. The van der Waals surface area contributed by atoms with Gasteiger partial charge in [-0.25, -0.2) is 0 Å². The minimum Gasteiger partial charge on any atom is -0.349 e. The van der Waals surface area contributed by atoms with Crippen LogP contribution in [0.1, 0.15) is 18.9 Å². The SMILES string of the molecule is CCCNC(=O)C(=O)C=Cc1ccccc1. The second-order valence-corrected chi connectivity index (χ2v) is 3.36. The molecule has 1 amide bonds. The Morgan fingerprint density at radius 2 is 1.94 bits per heavy atom. The first-order valence-electron chi connectivity index (χ1n) is 5.29. The van der Waals surface area contributed by atoms with Crippen LogP contribution < -0.4 is 5.32 Å². The molecular weight excluding hydrogens is 202 g/mol. The first-order valence-corrected chi connectivity index (χ1v) is 5.29. The average Bonchev–Trinajstić information content (AvgIpc) is 2.34. The lowest BCUT2D eigenvalue weighted by Crippen LogP contribution is -2.30. The molecule has 0 bridgehead atoms. The van der Waals surface area contributed by atoms with Crippen molar-refractivity contribution in [2.45, 2.75) is 13.3 Å². The van der Waals surface area contributed by atoms with Gasteiger partial charge in [0.15, 0.2) is 0 Å². The van der Waals surface area contributed by atoms with Crippen LogP contribution in [-0.4, -0.2) is 18.2 Å². The zero-order valence-corrected chi connectivity index (χ0v) is 9.27. The van der Waals surface area contributed by atoms with E-state index in [1.54, 1.807) is 6.08 Å². The summed E-state index contributed by atoms with van der Waals surface area (Å²) in [6, 6.07) is 9.39. The van der Waals surface area contributed by atoms with Crippen LogP contribution in [-0.2, 0) is 9.59 Å². The zero-order chi connectivity index (χ0) is 11.8. The van der Waals surface area contributed by atoms with Gasteiger partial charge in [0.05, 0.1) is 0 Å². The molecule has 0 saturated carbocycles. The molecule has 0 aliphatic heterocycles. The predicted molar refractivity (Wildman–Crippen MR) is 63.8 cm³/mol. The van der Waals surface area contributed by atoms with Crippen molar-refractivity contribution in [3.63, 3.8) is 0 Å². The van der Waals surface area contributed by atoms with Crippen LogP contribution in [0.15, 0.2) is 36.4 Å². The molecule has 16 heavy (non-hydrogen) atoms. The third-order valence-electron chi connectivity index (χ3n) is 1.99. The van der Waals surface area contributed by atoms with Gasteiger partial charge in [-0.2, -0.15) is 0 Å². The van der Waals surface area contributed by atoms with Crippen LogP contribution >= 0.6 is 0 Å². The Balaban J connectivity index is 2.51. The highest BCUT2D eigenvalue weighted by molar-refractivity contribution is 6.41. The molecule has 84 valence electrons. The van der Waals surface area contributed by atoms with Crippen LogP contribution in [0.3, 0.4) is 0 Å². The highest BCUT2D eigenvalue weighted by Crippen LogP contribution is 2.00. The van der Waals surface area contributed by atoms with Gasteiger partial charge in [0, 0.05) is 6.54 Å². The summed E-state index contributed by atoms with van der Waals surface area (Å²) in [6.07, 6.45) is 3.75. The molecule has 0 aliphatic rings. The Morgan fingerprint density at radius 3 is 2.56 bits per heavy atom. The number of carbonyl (C=O) groups is 2. The highest BCUT2D eigenvalue weighted by atomic mass is 16.2. The Kier molecular flexibility index (Phi) is 4.99. The molecule has 0 heterocycles. The van der Waals surface area contributed by atoms with Crippen molar-refractivity contribution < 1.29 is 9.59 Å². The molecule has 0 radical (unpaired) electrons. The minimum absolute atomic E-state index is 0.516. The first kappa shape index (κ1) is 12.2. The Labute approximate surface area is 95.2 Å². The maximum Gasteiger partial charge on any atom is 0.291 e. The van der Waals surface area contributed by atoms with Crippen molar-refractivity contribution in [1.29, 1.82) is 0 Å². The van der Waals surface area contributed by atoms with E-state index in [9.17, 15) is 9.59 Å². The molecule has 1 rings (SSSR count). The topological polar surface area (TPSA) is 46.2 Å². The largest absolute Gasteiger partial charge is 0.349 e. The second kappa shape index (κ2) is 6.56. The third-order valence-corrected chi connectivity index (χ3v) is 1.99. The van der Waals surface area contributed by atoms with Gasteiger partial charge in [0.25, 0.3) is 5.91 Å². The number of hydrogen-bond donors (Lipinski definition) is 1. The summed E-state index contributed by atoms with van der Waals surface area (Å²) in [6.45, 7) is 2.47. The fraction of sp³-hybridized carbons (Fsp3) is 0.231. The van der Waals surface area contributed by atoms with E-state index in [2.05, 4.69) is 5.32 Å². The summed E-state index contributed by atoms with van der Waals surface area (Å²) < 4.78 is 0. The van der Waals surface area contributed by atoms with Crippen LogP contribution in [0, 0.1) is 0 Å². The molecular formula is C13H15NO2. The maximum atomic E-state index is 11.3. The van der Waals surface area contributed by atoms with E-state index in [0.717, 1.165) is 12.0 Å². The number of ketones is 1. The van der Waals surface area contributed by atoms with E-state index in [1.807, 2.05) is 37.3 Å². The molecule has 0 atom stereocenters. The van der Waals surface area contributed by atoms with Gasteiger partial charge in [-0.1, -0.05) is 43.3 Å². The van der Waals surface area contributed by atoms with Crippen molar-refractivity contribution in [1.82, 2.24) is 5.32 Å². The summed E-state index contributed by atoms with van der Waals surface area (Å²) in [5, 5.41) is 2.53. The van der Waals surface area contributed by atoms with Gasteiger partial charge in [0.2, 0.25) is 5.78 Å². The summed E-state index contributed by atoms with van der Waals surface area (Å²) in [5.74, 6) is -1.06. The van der Waals surface area contributed by atoms with E-state index in [4.69, 9.17) is 0 Å². The van der Waals surface area contributed by atoms with Gasteiger partial charge in [-0.05, 0) is 18.1 Å². The van der Waals surface area contributed by atoms with Crippen LogP contribution in [0.2, 0.25) is 0 Å². The maximum absolute atomic E-state index is 11.3. The van der Waals surface area contributed by atoms with E-state index in [0.29, 0.717) is 6.54 Å². The van der Waals surface area contributed by atoms with Crippen molar-refractivity contribution >= 4 is 17.8 Å². The molecule has 1 aromatic rings. The Morgan fingerprint density at radius 1 is 1.25 bits per heavy atom. The van der Waals surface area contributed by atoms with Gasteiger partial charge >= 0.3 is 0 Å². The van der Waals surface area contributed by atoms with Crippen molar-refractivity contribution in [2.24, 2.45) is 0 Å². The van der Waals surface area contributed by atoms with E-state index in [-0.39, 0.29) is 0 Å².